The second-order valence-corrected chi connectivity index (χ2v) is 5.59. The van der Waals surface area contributed by atoms with Gasteiger partial charge in [0, 0.05) is 5.69 Å². The quantitative estimate of drug-likeness (QED) is 0.574. The van der Waals surface area contributed by atoms with Crippen molar-refractivity contribution in [2.45, 2.75) is 0 Å². The molecule has 0 bridgehead atoms. The summed E-state index contributed by atoms with van der Waals surface area (Å²) in [6.45, 7) is 3.05. The number of carboxylic acids is 1. The Morgan fingerprint density at radius 3 is 2.71 bits per heavy atom. The fourth-order valence-corrected chi connectivity index (χ4v) is 3.09. The molecular formula is C14H12ClNO4S. The SMILES string of the molecule is C=C(O)COc1c(C(=O)O)sc(-c2cccc(N)c2)c1Cl. The van der Waals surface area contributed by atoms with Crippen LogP contribution >= 0.6 is 22.9 Å². The van der Waals surface area contributed by atoms with E-state index in [1.807, 2.05) is 0 Å². The van der Waals surface area contributed by atoms with Gasteiger partial charge in [-0.2, -0.15) is 0 Å². The molecule has 2 rings (SSSR count). The van der Waals surface area contributed by atoms with E-state index in [0.29, 0.717) is 16.1 Å². The summed E-state index contributed by atoms with van der Waals surface area (Å²) in [6.07, 6.45) is 0. The zero-order valence-corrected chi connectivity index (χ0v) is 12.4. The molecule has 1 aromatic heterocycles. The molecule has 0 atom stereocenters. The van der Waals surface area contributed by atoms with Crippen molar-refractivity contribution in [1.29, 1.82) is 0 Å². The molecule has 0 amide bonds. The zero-order chi connectivity index (χ0) is 15.6. The standard InChI is InChI=1S/C14H12ClNO4S/c1-7(17)6-20-11-10(15)12(21-13(11)14(18)19)8-3-2-4-9(16)5-8/h2-5,17H,1,6,16H2,(H,18,19). The Hall–Kier alpha value is -2.18. The van der Waals surface area contributed by atoms with Crippen LogP contribution in [0.25, 0.3) is 10.4 Å². The summed E-state index contributed by atoms with van der Waals surface area (Å²) in [5.41, 5.74) is 6.96. The molecule has 1 heterocycles. The van der Waals surface area contributed by atoms with Crippen molar-refractivity contribution in [3.05, 3.63) is 46.5 Å². The highest BCUT2D eigenvalue weighted by Gasteiger charge is 2.24. The number of carboxylic acid groups (broad SMARTS) is 1. The van der Waals surface area contributed by atoms with Crippen LogP contribution in [0.1, 0.15) is 9.67 Å². The van der Waals surface area contributed by atoms with Crippen molar-refractivity contribution in [2.75, 3.05) is 12.3 Å². The number of ether oxygens (including phenoxy) is 1. The molecule has 2 aromatic rings. The van der Waals surface area contributed by atoms with Crippen molar-refractivity contribution in [1.82, 2.24) is 0 Å². The maximum absolute atomic E-state index is 11.3. The van der Waals surface area contributed by atoms with Gasteiger partial charge in [0.05, 0.1) is 4.88 Å². The summed E-state index contributed by atoms with van der Waals surface area (Å²) >= 11 is 7.20. The van der Waals surface area contributed by atoms with Gasteiger partial charge in [-0.15, -0.1) is 11.3 Å². The minimum atomic E-state index is -1.16. The number of rotatable bonds is 5. The van der Waals surface area contributed by atoms with Crippen LogP contribution in [-0.4, -0.2) is 22.8 Å². The highest BCUT2D eigenvalue weighted by molar-refractivity contribution is 7.18. The number of thiophene rings is 1. The number of carbonyl (C=O) groups is 1. The Labute approximate surface area is 129 Å². The molecule has 0 saturated carbocycles. The average Bonchev–Trinajstić information content (AvgIpc) is 2.73. The molecule has 21 heavy (non-hydrogen) atoms. The molecule has 110 valence electrons. The topological polar surface area (TPSA) is 92.8 Å². The highest BCUT2D eigenvalue weighted by atomic mass is 35.5. The lowest BCUT2D eigenvalue weighted by Crippen LogP contribution is -2.03. The molecule has 5 nitrogen and oxygen atoms in total. The predicted molar refractivity (Wildman–Crippen MR) is 83.4 cm³/mol. The molecule has 1 aromatic carbocycles. The second-order valence-electron chi connectivity index (χ2n) is 4.19. The van der Waals surface area contributed by atoms with Crippen molar-refractivity contribution >= 4 is 34.6 Å². The minimum Gasteiger partial charge on any atom is -0.509 e. The third-order valence-electron chi connectivity index (χ3n) is 2.54. The van der Waals surface area contributed by atoms with Gasteiger partial charge in [-0.25, -0.2) is 4.79 Å². The molecule has 0 unspecified atom stereocenters. The van der Waals surface area contributed by atoms with Crippen LogP contribution in [0.5, 0.6) is 5.75 Å². The number of halogens is 1. The van der Waals surface area contributed by atoms with E-state index in [0.717, 1.165) is 11.3 Å². The fourth-order valence-electron chi connectivity index (χ4n) is 1.69. The molecule has 0 spiro atoms. The third kappa shape index (κ3) is 3.29. The number of anilines is 1. The van der Waals surface area contributed by atoms with E-state index in [9.17, 15) is 9.90 Å². The van der Waals surface area contributed by atoms with Crippen LogP contribution in [0.2, 0.25) is 5.02 Å². The number of aliphatic hydroxyl groups is 1. The Bertz CT molecular complexity index is 711. The van der Waals surface area contributed by atoms with E-state index >= 15 is 0 Å². The Kier molecular flexibility index (Phi) is 4.40. The van der Waals surface area contributed by atoms with Gasteiger partial charge in [0.15, 0.2) is 10.6 Å². The molecule has 0 saturated heterocycles. The van der Waals surface area contributed by atoms with E-state index in [1.165, 1.54) is 0 Å². The summed E-state index contributed by atoms with van der Waals surface area (Å²) in [5, 5.41) is 18.5. The van der Waals surface area contributed by atoms with Gasteiger partial charge in [0.25, 0.3) is 0 Å². The summed E-state index contributed by atoms with van der Waals surface area (Å²) in [6, 6.07) is 6.93. The first-order valence-electron chi connectivity index (χ1n) is 5.81. The maximum atomic E-state index is 11.3. The lowest BCUT2D eigenvalue weighted by molar-refractivity contribution is 0.0697. The fraction of sp³-hybridized carbons (Fsp3) is 0.0714. The number of aliphatic hydroxyl groups excluding tert-OH is 1. The summed E-state index contributed by atoms with van der Waals surface area (Å²) in [7, 11) is 0. The number of nitrogen functional groups attached to an aromatic ring is 1. The van der Waals surface area contributed by atoms with Crippen LogP contribution in [0.3, 0.4) is 0 Å². The molecule has 0 aliphatic rings. The molecule has 7 heteroatoms. The largest absolute Gasteiger partial charge is 0.509 e. The van der Waals surface area contributed by atoms with E-state index < -0.39 is 5.97 Å². The van der Waals surface area contributed by atoms with E-state index in [-0.39, 0.29) is 28.0 Å². The average molecular weight is 326 g/mol. The number of aromatic carboxylic acids is 1. The van der Waals surface area contributed by atoms with Crippen LogP contribution < -0.4 is 10.5 Å². The molecule has 0 aliphatic heterocycles. The Morgan fingerprint density at radius 1 is 1.43 bits per heavy atom. The maximum Gasteiger partial charge on any atom is 0.349 e. The van der Waals surface area contributed by atoms with Gasteiger partial charge in [0.1, 0.15) is 17.4 Å². The van der Waals surface area contributed by atoms with Crippen LogP contribution in [-0.2, 0) is 0 Å². The summed E-state index contributed by atoms with van der Waals surface area (Å²) in [5.74, 6) is -1.36. The zero-order valence-electron chi connectivity index (χ0n) is 10.8. The van der Waals surface area contributed by atoms with Crippen molar-refractivity contribution < 1.29 is 19.7 Å². The van der Waals surface area contributed by atoms with Crippen molar-refractivity contribution in [3.8, 4) is 16.2 Å². The van der Waals surface area contributed by atoms with Gasteiger partial charge in [0.2, 0.25) is 0 Å². The number of nitrogens with two attached hydrogens (primary N) is 1. The van der Waals surface area contributed by atoms with Crippen LogP contribution in [0.4, 0.5) is 5.69 Å². The van der Waals surface area contributed by atoms with E-state index in [2.05, 4.69) is 6.58 Å². The van der Waals surface area contributed by atoms with Gasteiger partial charge in [-0.05, 0) is 17.7 Å². The first-order valence-corrected chi connectivity index (χ1v) is 7.00. The predicted octanol–water partition coefficient (Wildman–Crippen LogP) is 3.80. The second kappa shape index (κ2) is 6.07. The van der Waals surface area contributed by atoms with Gasteiger partial charge < -0.3 is 20.7 Å². The number of hydrogen-bond acceptors (Lipinski definition) is 5. The molecule has 0 radical (unpaired) electrons. The Morgan fingerprint density at radius 2 is 2.14 bits per heavy atom. The van der Waals surface area contributed by atoms with Crippen LogP contribution in [0, 0.1) is 0 Å². The summed E-state index contributed by atoms with van der Waals surface area (Å²) in [4.78, 5) is 11.8. The monoisotopic (exact) mass is 325 g/mol. The van der Waals surface area contributed by atoms with Crippen molar-refractivity contribution in [3.63, 3.8) is 0 Å². The first-order chi connectivity index (χ1) is 9.90. The first kappa shape index (κ1) is 15.2. The van der Waals surface area contributed by atoms with Crippen molar-refractivity contribution in [2.24, 2.45) is 0 Å². The van der Waals surface area contributed by atoms with Gasteiger partial charge in [-0.1, -0.05) is 30.3 Å². The normalized spacial score (nSPS) is 10.3. The van der Waals surface area contributed by atoms with Gasteiger partial charge in [-0.3, -0.25) is 0 Å². The third-order valence-corrected chi connectivity index (χ3v) is 4.22. The summed E-state index contributed by atoms with van der Waals surface area (Å²) < 4.78 is 5.24. The van der Waals surface area contributed by atoms with E-state index in [1.54, 1.807) is 24.3 Å². The van der Waals surface area contributed by atoms with Gasteiger partial charge >= 0.3 is 5.97 Å². The molecular weight excluding hydrogens is 314 g/mol. The van der Waals surface area contributed by atoms with Crippen LogP contribution in [0.15, 0.2) is 36.6 Å². The smallest absolute Gasteiger partial charge is 0.349 e. The highest BCUT2D eigenvalue weighted by Crippen LogP contribution is 2.45. The lowest BCUT2D eigenvalue weighted by atomic mass is 10.1. The molecule has 0 aliphatic carbocycles. The lowest BCUT2D eigenvalue weighted by Gasteiger charge is -2.05. The van der Waals surface area contributed by atoms with E-state index in [4.69, 9.17) is 27.2 Å². The Balaban J connectivity index is 2.51. The number of benzene rings is 1. The molecule has 0 fully saturated rings. The molecule has 4 N–H and O–H groups in total. The minimum absolute atomic E-state index is 0.0155. The number of hydrogen-bond donors (Lipinski definition) is 3.